The Hall–Kier alpha value is -1.19. The average molecular weight is 342 g/mol. The Balaban J connectivity index is 2.03. The van der Waals surface area contributed by atoms with Crippen molar-refractivity contribution in [1.29, 1.82) is 0 Å². The van der Waals surface area contributed by atoms with Crippen molar-refractivity contribution in [2.75, 3.05) is 0 Å². The molecule has 0 saturated carbocycles. The maximum absolute atomic E-state index is 12.9. The highest BCUT2D eigenvalue weighted by Crippen LogP contribution is 2.19. The van der Waals surface area contributed by atoms with Crippen LogP contribution in [0, 0.1) is 5.82 Å². The summed E-state index contributed by atoms with van der Waals surface area (Å²) >= 11 is 9.05. The van der Waals surface area contributed by atoms with Gasteiger partial charge in [-0.05, 0) is 35.4 Å². The lowest BCUT2D eigenvalue weighted by Crippen LogP contribution is -2.07. The van der Waals surface area contributed by atoms with Crippen molar-refractivity contribution < 1.29 is 9.18 Å². The van der Waals surface area contributed by atoms with Crippen LogP contribution in [0.3, 0.4) is 0 Å². The van der Waals surface area contributed by atoms with Gasteiger partial charge in [0.05, 0.1) is 0 Å². The number of carbonyl (C=O) groups is 1. The van der Waals surface area contributed by atoms with E-state index < -0.39 is 0 Å². The van der Waals surface area contributed by atoms with Crippen LogP contribution in [0.25, 0.3) is 0 Å². The molecule has 0 spiro atoms. The minimum absolute atomic E-state index is 0.0784. The van der Waals surface area contributed by atoms with E-state index in [-0.39, 0.29) is 18.0 Å². The fourth-order valence-corrected chi connectivity index (χ4v) is 2.39. The van der Waals surface area contributed by atoms with E-state index in [1.165, 1.54) is 12.1 Å². The van der Waals surface area contributed by atoms with Crippen LogP contribution < -0.4 is 0 Å². The Morgan fingerprint density at radius 2 is 1.79 bits per heavy atom. The van der Waals surface area contributed by atoms with Crippen LogP contribution in [0.15, 0.2) is 46.9 Å². The number of hydrogen-bond acceptors (Lipinski definition) is 1. The van der Waals surface area contributed by atoms with Crippen LogP contribution in [0.2, 0.25) is 5.02 Å². The van der Waals surface area contributed by atoms with Crippen molar-refractivity contribution in [2.24, 2.45) is 0 Å². The zero-order valence-electron chi connectivity index (χ0n) is 10.00. The van der Waals surface area contributed by atoms with Crippen molar-refractivity contribution in [3.8, 4) is 0 Å². The highest BCUT2D eigenvalue weighted by Gasteiger charge is 2.08. The first-order valence-corrected chi connectivity index (χ1v) is 6.92. The first-order valence-electron chi connectivity index (χ1n) is 5.74. The van der Waals surface area contributed by atoms with Crippen LogP contribution >= 0.6 is 27.5 Å². The van der Waals surface area contributed by atoms with Crippen LogP contribution in [0.1, 0.15) is 11.1 Å². The number of ketones is 1. The lowest BCUT2D eigenvalue weighted by Gasteiger charge is -2.05. The third-order valence-corrected chi connectivity index (χ3v) is 3.71. The number of hydrogen-bond donors (Lipinski definition) is 0. The Morgan fingerprint density at radius 1 is 1.11 bits per heavy atom. The number of rotatable bonds is 4. The van der Waals surface area contributed by atoms with E-state index in [1.807, 2.05) is 12.1 Å². The van der Waals surface area contributed by atoms with E-state index in [2.05, 4.69) is 15.9 Å². The van der Waals surface area contributed by atoms with Crippen molar-refractivity contribution in [2.45, 2.75) is 12.8 Å². The normalized spacial score (nSPS) is 10.5. The van der Waals surface area contributed by atoms with Crippen molar-refractivity contribution in [3.05, 3.63) is 68.9 Å². The molecule has 19 heavy (non-hydrogen) atoms. The molecule has 2 rings (SSSR count). The fourth-order valence-electron chi connectivity index (χ4n) is 1.77. The van der Waals surface area contributed by atoms with E-state index >= 15 is 0 Å². The summed E-state index contributed by atoms with van der Waals surface area (Å²) in [5.74, 6) is -0.240. The average Bonchev–Trinajstić information content (AvgIpc) is 2.36. The van der Waals surface area contributed by atoms with Crippen LogP contribution in [-0.2, 0) is 17.6 Å². The van der Waals surface area contributed by atoms with Gasteiger partial charge in [-0.3, -0.25) is 4.79 Å². The van der Waals surface area contributed by atoms with E-state index in [1.54, 1.807) is 18.2 Å². The molecule has 0 unspecified atom stereocenters. The molecule has 0 aliphatic rings. The molecule has 0 radical (unpaired) electrons. The molecule has 0 aliphatic carbocycles. The molecule has 0 fully saturated rings. The van der Waals surface area contributed by atoms with E-state index in [0.717, 1.165) is 11.1 Å². The van der Waals surface area contributed by atoms with Crippen LogP contribution in [0.5, 0.6) is 0 Å². The second-order valence-corrected chi connectivity index (χ2v) is 5.55. The Labute approximate surface area is 124 Å². The zero-order chi connectivity index (χ0) is 13.8. The smallest absolute Gasteiger partial charge is 0.141 e. The molecule has 0 bridgehead atoms. The largest absolute Gasteiger partial charge is 0.299 e. The minimum atomic E-state index is -0.319. The summed E-state index contributed by atoms with van der Waals surface area (Å²) < 4.78 is 13.6. The summed E-state index contributed by atoms with van der Waals surface area (Å²) in [6.07, 6.45) is 0.629. The maximum atomic E-state index is 12.9. The van der Waals surface area contributed by atoms with Gasteiger partial charge in [0, 0.05) is 22.3 Å². The van der Waals surface area contributed by atoms with Gasteiger partial charge >= 0.3 is 0 Å². The van der Waals surface area contributed by atoms with Gasteiger partial charge in [0.15, 0.2) is 0 Å². The molecule has 2 aromatic carbocycles. The standard InChI is InChI=1S/C15H11BrClFO/c16-15-9-13(18)6-3-11(15)8-14(19)7-10-1-4-12(17)5-2-10/h1-6,9H,7-8H2. The summed E-state index contributed by atoms with van der Waals surface area (Å²) in [5.41, 5.74) is 1.72. The van der Waals surface area contributed by atoms with Crippen molar-refractivity contribution in [1.82, 2.24) is 0 Å². The third kappa shape index (κ3) is 4.15. The Morgan fingerprint density at radius 3 is 2.42 bits per heavy atom. The minimum Gasteiger partial charge on any atom is -0.299 e. The quantitative estimate of drug-likeness (QED) is 0.794. The van der Waals surface area contributed by atoms with Gasteiger partial charge in [0.25, 0.3) is 0 Å². The van der Waals surface area contributed by atoms with Crippen molar-refractivity contribution >= 4 is 33.3 Å². The van der Waals surface area contributed by atoms with Gasteiger partial charge in [-0.1, -0.05) is 45.7 Å². The molecule has 0 atom stereocenters. The number of carbonyl (C=O) groups excluding carboxylic acids is 1. The van der Waals surface area contributed by atoms with E-state index in [4.69, 9.17) is 11.6 Å². The lowest BCUT2D eigenvalue weighted by molar-refractivity contribution is -0.117. The topological polar surface area (TPSA) is 17.1 Å². The van der Waals surface area contributed by atoms with Crippen LogP contribution in [-0.4, -0.2) is 5.78 Å². The molecule has 1 nitrogen and oxygen atoms in total. The first-order chi connectivity index (χ1) is 9.04. The van der Waals surface area contributed by atoms with Crippen molar-refractivity contribution in [3.63, 3.8) is 0 Å². The number of Topliss-reactive ketones (excluding diaryl/α,β-unsaturated/α-hetero) is 1. The van der Waals surface area contributed by atoms with E-state index in [9.17, 15) is 9.18 Å². The fraction of sp³-hybridized carbons (Fsp3) is 0.133. The Bertz CT molecular complexity index is 596. The Kier molecular flexibility index (Phi) is 4.72. The third-order valence-electron chi connectivity index (χ3n) is 2.72. The summed E-state index contributed by atoms with van der Waals surface area (Å²) in [6.45, 7) is 0. The summed E-state index contributed by atoms with van der Waals surface area (Å²) in [5, 5.41) is 0.650. The second-order valence-electron chi connectivity index (χ2n) is 4.25. The molecule has 4 heteroatoms. The SMILES string of the molecule is O=C(Cc1ccc(Cl)cc1)Cc1ccc(F)cc1Br. The molecular formula is C15H11BrClFO. The molecule has 0 heterocycles. The first kappa shape index (κ1) is 14.2. The van der Waals surface area contributed by atoms with Gasteiger partial charge in [-0.15, -0.1) is 0 Å². The molecule has 0 amide bonds. The molecular weight excluding hydrogens is 331 g/mol. The van der Waals surface area contributed by atoms with Gasteiger partial charge in [0.2, 0.25) is 0 Å². The van der Waals surface area contributed by atoms with Gasteiger partial charge in [0.1, 0.15) is 11.6 Å². The zero-order valence-corrected chi connectivity index (χ0v) is 12.3. The molecule has 0 saturated heterocycles. The highest BCUT2D eigenvalue weighted by atomic mass is 79.9. The predicted molar refractivity (Wildman–Crippen MR) is 78.0 cm³/mol. The lowest BCUT2D eigenvalue weighted by atomic mass is 10.0. The van der Waals surface area contributed by atoms with E-state index in [0.29, 0.717) is 15.9 Å². The number of benzene rings is 2. The summed E-state index contributed by atoms with van der Waals surface area (Å²) in [7, 11) is 0. The molecule has 98 valence electrons. The van der Waals surface area contributed by atoms with Gasteiger partial charge in [-0.2, -0.15) is 0 Å². The predicted octanol–water partition coefficient (Wildman–Crippen LogP) is 4.60. The molecule has 2 aromatic rings. The summed E-state index contributed by atoms with van der Waals surface area (Å²) in [4.78, 5) is 12.0. The van der Waals surface area contributed by atoms with Gasteiger partial charge in [-0.25, -0.2) is 4.39 Å². The molecule has 0 N–H and O–H groups in total. The monoisotopic (exact) mass is 340 g/mol. The second kappa shape index (κ2) is 6.31. The van der Waals surface area contributed by atoms with Gasteiger partial charge < -0.3 is 0 Å². The summed E-state index contributed by atoms with van der Waals surface area (Å²) in [6, 6.07) is 11.5. The molecule has 0 aromatic heterocycles. The maximum Gasteiger partial charge on any atom is 0.141 e. The number of halogens is 3. The van der Waals surface area contributed by atoms with Crippen LogP contribution in [0.4, 0.5) is 4.39 Å². The highest BCUT2D eigenvalue weighted by molar-refractivity contribution is 9.10. The molecule has 0 aliphatic heterocycles.